The molecule has 3 aromatic carbocycles. The van der Waals surface area contributed by atoms with Crippen molar-refractivity contribution in [3.05, 3.63) is 89.5 Å². The van der Waals surface area contributed by atoms with Crippen LogP contribution in [0.25, 0.3) is 11.1 Å². The third-order valence-corrected chi connectivity index (χ3v) is 3.88. The summed E-state index contributed by atoms with van der Waals surface area (Å²) in [6.45, 7) is 2.53. The van der Waals surface area contributed by atoms with E-state index in [-0.39, 0.29) is 0 Å². The van der Waals surface area contributed by atoms with Gasteiger partial charge >= 0.3 is 0 Å². The molecular weight excluding hydrogens is 298 g/mol. The third kappa shape index (κ3) is 3.82. The number of amides is 1. The first-order valence-electron chi connectivity index (χ1n) is 7.80. The lowest BCUT2D eigenvalue weighted by Crippen LogP contribution is -2.10. The van der Waals surface area contributed by atoms with Gasteiger partial charge in [0.1, 0.15) is 12.4 Å². The molecule has 0 radical (unpaired) electrons. The lowest BCUT2D eigenvalue weighted by molar-refractivity contribution is 0.1000. The van der Waals surface area contributed by atoms with E-state index in [1.807, 2.05) is 24.3 Å². The van der Waals surface area contributed by atoms with Crippen LogP contribution in [0, 0.1) is 6.92 Å². The maximum atomic E-state index is 11.1. The minimum Gasteiger partial charge on any atom is -0.489 e. The quantitative estimate of drug-likeness (QED) is 0.761. The highest BCUT2D eigenvalue weighted by Crippen LogP contribution is 2.23. The molecule has 120 valence electrons. The van der Waals surface area contributed by atoms with Gasteiger partial charge in [-0.3, -0.25) is 4.79 Å². The molecule has 0 aliphatic heterocycles. The highest BCUT2D eigenvalue weighted by molar-refractivity contribution is 5.92. The first-order valence-corrected chi connectivity index (χ1v) is 7.80. The summed E-state index contributed by atoms with van der Waals surface area (Å²) < 4.78 is 5.79. The standard InChI is InChI=1S/C21H19NO2/c1-15-2-6-17(7-3-15)18-10-12-20(13-11-18)24-14-16-4-8-19(9-5-16)21(22)23/h2-13H,14H2,1H3,(H2,22,23). The average Bonchev–Trinajstić information content (AvgIpc) is 2.61. The summed E-state index contributed by atoms with van der Waals surface area (Å²) in [4.78, 5) is 11.1. The van der Waals surface area contributed by atoms with Crippen molar-refractivity contribution in [3.63, 3.8) is 0 Å². The number of hydrogen-bond donors (Lipinski definition) is 1. The number of aryl methyl sites for hydroxylation is 1. The second-order valence-electron chi connectivity index (χ2n) is 5.74. The molecule has 0 spiro atoms. The summed E-state index contributed by atoms with van der Waals surface area (Å²) in [5, 5.41) is 0. The Balaban J connectivity index is 1.63. The molecule has 0 atom stereocenters. The molecule has 0 heterocycles. The van der Waals surface area contributed by atoms with Gasteiger partial charge in [-0.1, -0.05) is 54.1 Å². The van der Waals surface area contributed by atoms with E-state index in [0.717, 1.165) is 16.9 Å². The van der Waals surface area contributed by atoms with Crippen LogP contribution in [0.2, 0.25) is 0 Å². The fourth-order valence-corrected chi connectivity index (χ4v) is 2.42. The van der Waals surface area contributed by atoms with Gasteiger partial charge < -0.3 is 10.5 Å². The molecule has 0 aromatic heterocycles. The summed E-state index contributed by atoms with van der Waals surface area (Å²) in [5.41, 5.74) is 10.3. The maximum Gasteiger partial charge on any atom is 0.248 e. The zero-order valence-electron chi connectivity index (χ0n) is 13.5. The van der Waals surface area contributed by atoms with E-state index < -0.39 is 5.91 Å². The van der Waals surface area contributed by atoms with Crippen LogP contribution in [0.4, 0.5) is 0 Å². The molecule has 3 aromatic rings. The van der Waals surface area contributed by atoms with Crippen molar-refractivity contribution in [1.82, 2.24) is 0 Å². The first-order chi connectivity index (χ1) is 11.6. The summed E-state index contributed by atoms with van der Waals surface area (Å²) in [6.07, 6.45) is 0. The van der Waals surface area contributed by atoms with E-state index >= 15 is 0 Å². The van der Waals surface area contributed by atoms with E-state index in [1.54, 1.807) is 12.1 Å². The number of ether oxygens (including phenoxy) is 1. The summed E-state index contributed by atoms with van der Waals surface area (Å²) in [7, 11) is 0. The third-order valence-electron chi connectivity index (χ3n) is 3.88. The molecule has 0 bridgehead atoms. The van der Waals surface area contributed by atoms with Gasteiger partial charge in [0, 0.05) is 5.56 Å². The van der Waals surface area contributed by atoms with Crippen molar-refractivity contribution in [1.29, 1.82) is 0 Å². The van der Waals surface area contributed by atoms with E-state index in [0.29, 0.717) is 12.2 Å². The largest absolute Gasteiger partial charge is 0.489 e. The number of rotatable bonds is 5. The van der Waals surface area contributed by atoms with Gasteiger partial charge in [0.15, 0.2) is 0 Å². The second-order valence-corrected chi connectivity index (χ2v) is 5.74. The summed E-state index contributed by atoms with van der Waals surface area (Å²) in [5.74, 6) is 0.388. The van der Waals surface area contributed by atoms with Gasteiger partial charge in [-0.15, -0.1) is 0 Å². The van der Waals surface area contributed by atoms with Crippen LogP contribution < -0.4 is 10.5 Å². The zero-order valence-corrected chi connectivity index (χ0v) is 13.5. The SMILES string of the molecule is Cc1ccc(-c2ccc(OCc3ccc(C(N)=O)cc3)cc2)cc1. The van der Waals surface area contributed by atoms with E-state index in [1.165, 1.54) is 11.1 Å². The Labute approximate surface area is 141 Å². The summed E-state index contributed by atoms with van der Waals surface area (Å²) in [6, 6.07) is 23.6. The average molecular weight is 317 g/mol. The molecule has 2 N–H and O–H groups in total. The molecule has 0 aliphatic rings. The van der Waals surface area contributed by atoms with E-state index in [9.17, 15) is 4.79 Å². The Morgan fingerprint density at radius 1 is 0.833 bits per heavy atom. The van der Waals surface area contributed by atoms with Crippen molar-refractivity contribution in [2.24, 2.45) is 5.73 Å². The first kappa shape index (κ1) is 15.8. The van der Waals surface area contributed by atoms with Crippen molar-refractivity contribution in [3.8, 4) is 16.9 Å². The lowest BCUT2D eigenvalue weighted by atomic mass is 10.0. The molecular formula is C21H19NO2. The van der Waals surface area contributed by atoms with Gasteiger partial charge in [-0.05, 0) is 47.9 Å². The minimum atomic E-state index is -0.422. The molecule has 0 fully saturated rings. The number of carbonyl (C=O) groups excluding carboxylic acids is 1. The van der Waals surface area contributed by atoms with Crippen LogP contribution >= 0.6 is 0 Å². The van der Waals surface area contributed by atoms with Crippen LogP contribution in [0.15, 0.2) is 72.8 Å². The fourth-order valence-electron chi connectivity index (χ4n) is 2.42. The number of primary amides is 1. The fraction of sp³-hybridized carbons (Fsp3) is 0.0952. The van der Waals surface area contributed by atoms with Crippen LogP contribution in [-0.2, 0) is 6.61 Å². The van der Waals surface area contributed by atoms with Gasteiger partial charge in [0.25, 0.3) is 0 Å². The topological polar surface area (TPSA) is 52.3 Å². The molecule has 3 rings (SSSR count). The molecule has 0 aliphatic carbocycles. The molecule has 0 unspecified atom stereocenters. The minimum absolute atomic E-state index is 0.422. The monoisotopic (exact) mass is 317 g/mol. The molecule has 0 saturated carbocycles. The predicted octanol–water partition coefficient (Wildman–Crippen LogP) is 4.34. The number of benzene rings is 3. The maximum absolute atomic E-state index is 11.1. The molecule has 0 saturated heterocycles. The van der Waals surface area contributed by atoms with Gasteiger partial charge in [-0.2, -0.15) is 0 Å². The van der Waals surface area contributed by atoms with Crippen molar-refractivity contribution in [2.45, 2.75) is 13.5 Å². The molecule has 1 amide bonds. The zero-order chi connectivity index (χ0) is 16.9. The van der Waals surface area contributed by atoms with Crippen LogP contribution in [-0.4, -0.2) is 5.91 Å². The number of hydrogen-bond acceptors (Lipinski definition) is 2. The lowest BCUT2D eigenvalue weighted by Gasteiger charge is -2.08. The van der Waals surface area contributed by atoms with Crippen molar-refractivity contribution < 1.29 is 9.53 Å². The smallest absolute Gasteiger partial charge is 0.248 e. The molecule has 24 heavy (non-hydrogen) atoms. The second kappa shape index (κ2) is 7.01. The highest BCUT2D eigenvalue weighted by Gasteiger charge is 2.02. The Morgan fingerprint density at radius 3 is 1.92 bits per heavy atom. The van der Waals surface area contributed by atoms with Crippen LogP contribution in [0.1, 0.15) is 21.5 Å². The van der Waals surface area contributed by atoms with Crippen molar-refractivity contribution in [2.75, 3.05) is 0 Å². The van der Waals surface area contributed by atoms with E-state index in [2.05, 4.69) is 43.3 Å². The van der Waals surface area contributed by atoms with Crippen LogP contribution in [0.5, 0.6) is 5.75 Å². The molecule has 3 nitrogen and oxygen atoms in total. The predicted molar refractivity (Wildman–Crippen MR) is 95.9 cm³/mol. The van der Waals surface area contributed by atoms with Crippen LogP contribution in [0.3, 0.4) is 0 Å². The highest BCUT2D eigenvalue weighted by atomic mass is 16.5. The van der Waals surface area contributed by atoms with Gasteiger partial charge in [0.05, 0.1) is 0 Å². The van der Waals surface area contributed by atoms with Gasteiger partial charge in [-0.25, -0.2) is 0 Å². The normalized spacial score (nSPS) is 10.4. The summed E-state index contributed by atoms with van der Waals surface area (Å²) >= 11 is 0. The molecule has 3 heteroatoms. The Morgan fingerprint density at radius 2 is 1.38 bits per heavy atom. The van der Waals surface area contributed by atoms with E-state index in [4.69, 9.17) is 10.5 Å². The Hall–Kier alpha value is -3.07. The number of nitrogens with two attached hydrogens (primary N) is 1. The Kier molecular flexibility index (Phi) is 4.62. The van der Waals surface area contributed by atoms with Crippen molar-refractivity contribution >= 4 is 5.91 Å². The number of carbonyl (C=O) groups is 1. The Bertz CT molecular complexity index is 819. The van der Waals surface area contributed by atoms with Gasteiger partial charge in [0.2, 0.25) is 5.91 Å².